The van der Waals surface area contributed by atoms with Crippen LogP contribution in [-0.2, 0) is 0 Å². The average Bonchev–Trinajstić information content (AvgIpc) is 2.42. The Hall–Kier alpha value is -1.13. The normalized spacial score (nSPS) is 18.4. The van der Waals surface area contributed by atoms with E-state index in [2.05, 4.69) is 61.2 Å². The predicted molar refractivity (Wildman–Crippen MR) is 89.9 cm³/mol. The maximum Gasteiger partial charge on any atom is 0.133 e. The van der Waals surface area contributed by atoms with Gasteiger partial charge in [-0.05, 0) is 52.9 Å². The van der Waals surface area contributed by atoms with Gasteiger partial charge in [0.1, 0.15) is 5.82 Å². The van der Waals surface area contributed by atoms with Gasteiger partial charge in [0.15, 0.2) is 0 Å². The molecule has 1 atom stereocenters. The molecule has 1 fully saturated rings. The summed E-state index contributed by atoms with van der Waals surface area (Å²) in [5.41, 5.74) is 1.61. The third-order valence-electron chi connectivity index (χ3n) is 4.92. The van der Waals surface area contributed by atoms with Gasteiger partial charge < -0.3 is 15.1 Å². The van der Waals surface area contributed by atoms with Crippen LogP contribution in [-0.4, -0.2) is 49.7 Å². The summed E-state index contributed by atoms with van der Waals surface area (Å²) < 4.78 is 0. The molecule has 1 aromatic rings. The maximum atomic E-state index is 4.65. The van der Waals surface area contributed by atoms with Crippen molar-refractivity contribution in [2.24, 2.45) is 0 Å². The lowest BCUT2D eigenvalue weighted by molar-refractivity contribution is 0.0681. The maximum absolute atomic E-state index is 4.65. The summed E-state index contributed by atoms with van der Waals surface area (Å²) in [6.07, 6.45) is 5.82. The van der Waals surface area contributed by atoms with E-state index >= 15 is 0 Å². The van der Waals surface area contributed by atoms with Crippen LogP contribution in [0.2, 0.25) is 0 Å². The zero-order chi connectivity index (χ0) is 15.5. The SMILES string of the molecule is CCNC(C)c1cccnc1N(C)CC1(N(C)C)CCC1. The molecule has 2 rings (SSSR count). The molecule has 1 unspecified atom stereocenters. The second-order valence-corrected chi connectivity index (χ2v) is 6.52. The standard InChI is InChI=1S/C17H30N4/c1-6-18-14(2)15-9-7-12-19-16(15)21(5)13-17(20(3)4)10-8-11-17/h7,9,12,14,18H,6,8,10-11,13H2,1-5H3. The van der Waals surface area contributed by atoms with Crippen molar-refractivity contribution in [1.29, 1.82) is 0 Å². The Kier molecular flexibility index (Phi) is 5.22. The monoisotopic (exact) mass is 290 g/mol. The molecule has 0 aromatic carbocycles. The quantitative estimate of drug-likeness (QED) is 0.836. The Labute approximate surface area is 129 Å². The van der Waals surface area contributed by atoms with Gasteiger partial charge in [-0.15, -0.1) is 0 Å². The molecule has 4 heteroatoms. The molecule has 1 aliphatic rings. The minimum absolute atomic E-state index is 0.324. The Morgan fingerprint density at radius 3 is 2.57 bits per heavy atom. The van der Waals surface area contributed by atoms with Crippen molar-refractivity contribution >= 4 is 5.82 Å². The molecule has 4 nitrogen and oxygen atoms in total. The molecular weight excluding hydrogens is 260 g/mol. The first-order valence-electron chi connectivity index (χ1n) is 8.07. The number of pyridine rings is 1. The highest BCUT2D eigenvalue weighted by molar-refractivity contribution is 5.48. The molecule has 0 radical (unpaired) electrons. The van der Waals surface area contributed by atoms with Crippen molar-refractivity contribution in [1.82, 2.24) is 15.2 Å². The van der Waals surface area contributed by atoms with Gasteiger partial charge in [-0.25, -0.2) is 4.98 Å². The molecule has 1 heterocycles. The summed E-state index contributed by atoms with van der Waals surface area (Å²) in [5.74, 6) is 1.11. The van der Waals surface area contributed by atoms with E-state index in [9.17, 15) is 0 Å². The minimum Gasteiger partial charge on any atom is -0.358 e. The Balaban J connectivity index is 2.17. The molecular formula is C17H30N4. The minimum atomic E-state index is 0.324. The van der Waals surface area contributed by atoms with Crippen LogP contribution in [0.15, 0.2) is 18.3 Å². The summed E-state index contributed by atoms with van der Waals surface area (Å²) >= 11 is 0. The van der Waals surface area contributed by atoms with Crippen LogP contribution in [0.5, 0.6) is 0 Å². The summed E-state index contributed by atoms with van der Waals surface area (Å²) in [6.45, 7) is 6.37. The number of anilines is 1. The summed E-state index contributed by atoms with van der Waals surface area (Å²) in [5, 5.41) is 3.49. The molecule has 0 amide bonds. The van der Waals surface area contributed by atoms with Gasteiger partial charge in [-0.3, -0.25) is 0 Å². The third kappa shape index (κ3) is 3.38. The molecule has 0 aliphatic heterocycles. The lowest BCUT2D eigenvalue weighted by Crippen LogP contribution is -2.57. The average molecular weight is 290 g/mol. The predicted octanol–water partition coefficient (Wildman–Crippen LogP) is 2.67. The van der Waals surface area contributed by atoms with E-state index in [0.29, 0.717) is 11.6 Å². The number of nitrogens with one attached hydrogen (secondary N) is 1. The van der Waals surface area contributed by atoms with Gasteiger partial charge in [0.25, 0.3) is 0 Å². The van der Waals surface area contributed by atoms with Gasteiger partial charge in [0.05, 0.1) is 0 Å². The van der Waals surface area contributed by atoms with Crippen LogP contribution in [0.3, 0.4) is 0 Å². The topological polar surface area (TPSA) is 31.4 Å². The van der Waals surface area contributed by atoms with Crippen molar-refractivity contribution in [3.05, 3.63) is 23.9 Å². The van der Waals surface area contributed by atoms with Gasteiger partial charge in [-0.1, -0.05) is 13.0 Å². The molecule has 21 heavy (non-hydrogen) atoms. The first-order chi connectivity index (χ1) is 10.00. The number of nitrogens with zero attached hydrogens (tertiary/aromatic N) is 3. The number of hydrogen-bond donors (Lipinski definition) is 1. The highest BCUT2D eigenvalue weighted by Gasteiger charge is 2.40. The van der Waals surface area contributed by atoms with Crippen molar-refractivity contribution < 1.29 is 0 Å². The second-order valence-electron chi connectivity index (χ2n) is 6.52. The fraction of sp³-hybridized carbons (Fsp3) is 0.706. The Morgan fingerprint density at radius 1 is 1.33 bits per heavy atom. The van der Waals surface area contributed by atoms with E-state index in [1.807, 2.05) is 12.3 Å². The molecule has 1 N–H and O–H groups in total. The Morgan fingerprint density at radius 2 is 2.05 bits per heavy atom. The van der Waals surface area contributed by atoms with Crippen molar-refractivity contribution in [2.75, 3.05) is 39.1 Å². The van der Waals surface area contributed by atoms with E-state index in [1.165, 1.54) is 24.8 Å². The van der Waals surface area contributed by atoms with Crippen LogP contribution in [0, 0.1) is 0 Å². The van der Waals surface area contributed by atoms with E-state index < -0.39 is 0 Å². The molecule has 1 saturated carbocycles. The number of rotatable bonds is 7. The molecule has 118 valence electrons. The van der Waals surface area contributed by atoms with Gasteiger partial charge in [0.2, 0.25) is 0 Å². The first-order valence-corrected chi connectivity index (χ1v) is 8.07. The van der Waals surface area contributed by atoms with E-state index in [-0.39, 0.29) is 0 Å². The molecule has 0 saturated heterocycles. The highest BCUT2D eigenvalue weighted by Crippen LogP contribution is 2.37. The number of hydrogen-bond acceptors (Lipinski definition) is 4. The van der Waals surface area contributed by atoms with Crippen molar-refractivity contribution in [2.45, 2.75) is 44.7 Å². The molecule has 1 aromatic heterocycles. The second kappa shape index (κ2) is 6.75. The van der Waals surface area contributed by atoms with Crippen molar-refractivity contribution in [3.8, 4) is 0 Å². The van der Waals surface area contributed by atoms with Crippen LogP contribution in [0.1, 0.15) is 44.7 Å². The highest BCUT2D eigenvalue weighted by atomic mass is 15.2. The Bertz CT molecular complexity index is 454. The van der Waals surface area contributed by atoms with Crippen LogP contribution >= 0.6 is 0 Å². The first kappa shape index (κ1) is 16.2. The smallest absolute Gasteiger partial charge is 0.133 e. The third-order valence-corrected chi connectivity index (χ3v) is 4.92. The van der Waals surface area contributed by atoms with Gasteiger partial charge in [-0.2, -0.15) is 0 Å². The summed E-state index contributed by atoms with van der Waals surface area (Å²) in [4.78, 5) is 9.38. The number of likely N-dealkylation sites (N-methyl/N-ethyl adjacent to an activating group) is 2. The number of aromatic nitrogens is 1. The van der Waals surface area contributed by atoms with E-state index in [4.69, 9.17) is 0 Å². The van der Waals surface area contributed by atoms with E-state index in [1.54, 1.807) is 0 Å². The largest absolute Gasteiger partial charge is 0.358 e. The fourth-order valence-electron chi connectivity index (χ4n) is 3.33. The van der Waals surface area contributed by atoms with Gasteiger partial charge in [0, 0.05) is 36.9 Å². The zero-order valence-electron chi connectivity index (χ0n) is 14.2. The van der Waals surface area contributed by atoms with Gasteiger partial charge >= 0.3 is 0 Å². The summed E-state index contributed by atoms with van der Waals surface area (Å²) in [7, 11) is 6.58. The van der Waals surface area contributed by atoms with Crippen molar-refractivity contribution in [3.63, 3.8) is 0 Å². The zero-order valence-corrected chi connectivity index (χ0v) is 14.2. The molecule has 1 aliphatic carbocycles. The molecule has 0 bridgehead atoms. The van der Waals surface area contributed by atoms with Crippen LogP contribution < -0.4 is 10.2 Å². The fourth-order valence-corrected chi connectivity index (χ4v) is 3.33. The summed E-state index contributed by atoms with van der Waals surface area (Å²) in [6, 6.07) is 4.55. The van der Waals surface area contributed by atoms with Crippen LogP contribution in [0.4, 0.5) is 5.82 Å². The lowest BCUT2D eigenvalue weighted by Gasteiger charge is -2.49. The van der Waals surface area contributed by atoms with E-state index in [0.717, 1.165) is 18.9 Å². The lowest BCUT2D eigenvalue weighted by atomic mass is 9.75. The molecule has 0 spiro atoms. The van der Waals surface area contributed by atoms with Crippen LogP contribution in [0.25, 0.3) is 0 Å².